The van der Waals surface area contributed by atoms with Gasteiger partial charge in [-0.25, -0.2) is 4.79 Å². The lowest BCUT2D eigenvalue weighted by atomic mass is 10.1. The number of rotatable bonds is 7. The van der Waals surface area contributed by atoms with Crippen LogP contribution in [0, 0.1) is 13.8 Å². The number of H-pyrrole nitrogens is 1. The number of hydrogen-bond acceptors (Lipinski definition) is 5. The van der Waals surface area contributed by atoms with Crippen LogP contribution in [0.2, 0.25) is 0 Å². The zero-order valence-corrected chi connectivity index (χ0v) is 20.2. The van der Waals surface area contributed by atoms with Gasteiger partial charge in [0.2, 0.25) is 0 Å². The molecule has 1 aliphatic rings. The maximum atomic E-state index is 13.7. The van der Waals surface area contributed by atoms with Gasteiger partial charge in [0.05, 0.1) is 23.9 Å². The molecule has 8 heteroatoms. The summed E-state index contributed by atoms with van der Waals surface area (Å²) in [6.45, 7) is 11.1. The van der Waals surface area contributed by atoms with E-state index in [0.29, 0.717) is 34.0 Å². The molecule has 3 rings (SSSR count). The first-order valence-corrected chi connectivity index (χ1v) is 11.5. The van der Waals surface area contributed by atoms with Crippen LogP contribution in [0.4, 0.5) is 5.69 Å². The van der Waals surface area contributed by atoms with Crippen LogP contribution in [-0.2, 0) is 9.53 Å². The molecule has 1 aromatic carbocycles. The smallest absolute Gasteiger partial charge is 0.340 e. The van der Waals surface area contributed by atoms with Gasteiger partial charge in [0, 0.05) is 11.7 Å². The van der Waals surface area contributed by atoms with Crippen molar-refractivity contribution in [1.29, 1.82) is 0 Å². The van der Waals surface area contributed by atoms with Gasteiger partial charge in [-0.3, -0.25) is 14.5 Å². The minimum absolute atomic E-state index is 0.0465. The summed E-state index contributed by atoms with van der Waals surface area (Å²) in [4.78, 5) is 43.7. The Labute approximate surface area is 194 Å². The van der Waals surface area contributed by atoms with Gasteiger partial charge in [0.25, 0.3) is 11.8 Å². The van der Waals surface area contributed by atoms with E-state index in [1.807, 2.05) is 19.9 Å². The summed E-state index contributed by atoms with van der Waals surface area (Å²) >= 11 is 0. The molecule has 0 radical (unpaired) electrons. The van der Waals surface area contributed by atoms with Crippen LogP contribution < -0.4 is 15.0 Å². The topological polar surface area (TPSA) is 101 Å². The van der Waals surface area contributed by atoms with Gasteiger partial charge in [-0.15, -0.1) is 0 Å². The Hall–Kier alpha value is -3.29. The second kappa shape index (κ2) is 10.1. The third-order valence-corrected chi connectivity index (χ3v) is 5.84. The van der Waals surface area contributed by atoms with Crippen molar-refractivity contribution in [2.75, 3.05) is 11.4 Å². The Bertz CT molecular complexity index is 1040. The van der Waals surface area contributed by atoms with Crippen molar-refractivity contribution in [3.8, 4) is 5.75 Å². The average Bonchev–Trinajstić information content (AvgIpc) is 3.09. The van der Waals surface area contributed by atoms with E-state index in [1.54, 1.807) is 45.9 Å². The quantitative estimate of drug-likeness (QED) is 0.617. The number of nitrogens with zero attached hydrogens (tertiary/aromatic N) is 1. The third-order valence-electron chi connectivity index (χ3n) is 5.84. The maximum absolute atomic E-state index is 13.7. The van der Waals surface area contributed by atoms with Crippen molar-refractivity contribution >= 4 is 23.5 Å². The Morgan fingerprint density at radius 3 is 2.48 bits per heavy atom. The number of para-hydroxylation sites is 2. The summed E-state index contributed by atoms with van der Waals surface area (Å²) in [5, 5.41) is 3.00. The van der Waals surface area contributed by atoms with Crippen molar-refractivity contribution in [1.82, 2.24) is 10.3 Å². The molecule has 8 nitrogen and oxygen atoms in total. The largest absolute Gasteiger partial charge is 0.477 e. The first kappa shape index (κ1) is 24.4. The van der Waals surface area contributed by atoms with E-state index in [0.717, 1.165) is 12.8 Å². The number of carbonyl (C=O) groups is 3. The highest BCUT2D eigenvalue weighted by atomic mass is 16.5. The highest BCUT2D eigenvalue weighted by Gasteiger charge is 2.36. The number of hydrogen-bond donors (Lipinski definition) is 2. The molecule has 1 unspecified atom stereocenters. The predicted octanol–water partition coefficient (Wildman–Crippen LogP) is 3.91. The maximum Gasteiger partial charge on any atom is 0.340 e. The standard InChI is InChI=1S/C25H33N3O5/c1-7-17(8-2)27-23(29)20-13-28(18-11-9-10-12-19(18)33-20)24(30)22-15(5)21(16(6)26-22)25(31)32-14(3)4/h9-12,14,17,20,26H,7-8,13H2,1-6H3,(H,27,29). The van der Waals surface area contributed by atoms with Gasteiger partial charge in [-0.05, 0) is 58.2 Å². The molecule has 2 N–H and O–H groups in total. The molecule has 0 saturated carbocycles. The Kier molecular flexibility index (Phi) is 7.46. The number of fused-ring (bicyclic) bond motifs is 1. The van der Waals surface area contributed by atoms with Crippen LogP contribution in [0.15, 0.2) is 24.3 Å². The van der Waals surface area contributed by atoms with Gasteiger partial charge >= 0.3 is 5.97 Å². The molecule has 2 heterocycles. The normalized spacial score (nSPS) is 15.3. The number of ether oxygens (including phenoxy) is 2. The number of aromatic amines is 1. The fourth-order valence-corrected chi connectivity index (χ4v) is 4.03. The Morgan fingerprint density at radius 2 is 1.85 bits per heavy atom. The molecule has 33 heavy (non-hydrogen) atoms. The van der Waals surface area contributed by atoms with E-state index in [1.165, 1.54) is 4.90 Å². The number of nitrogens with one attached hydrogen (secondary N) is 2. The van der Waals surface area contributed by atoms with E-state index in [-0.39, 0.29) is 30.5 Å². The fraction of sp³-hybridized carbons (Fsp3) is 0.480. The second-order valence-corrected chi connectivity index (χ2v) is 8.59. The molecule has 1 aliphatic heterocycles. The molecule has 2 amide bonds. The van der Waals surface area contributed by atoms with E-state index in [4.69, 9.17) is 9.47 Å². The van der Waals surface area contributed by atoms with Gasteiger partial charge in [-0.2, -0.15) is 0 Å². The highest BCUT2D eigenvalue weighted by molar-refractivity contribution is 6.09. The van der Waals surface area contributed by atoms with E-state index >= 15 is 0 Å². The number of aromatic nitrogens is 1. The lowest BCUT2D eigenvalue weighted by molar-refractivity contribution is -0.128. The molecule has 0 bridgehead atoms. The van der Waals surface area contributed by atoms with E-state index < -0.39 is 12.1 Å². The molecule has 0 aliphatic carbocycles. The SMILES string of the molecule is CCC(CC)NC(=O)C1CN(C(=O)c2[nH]c(C)c(C(=O)OC(C)C)c2C)c2ccccc2O1. The lowest BCUT2D eigenvalue weighted by Crippen LogP contribution is -2.52. The highest BCUT2D eigenvalue weighted by Crippen LogP contribution is 2.35. The minimum atomic E-state index is -0.841. The lowest BCUT2D eigenvalue weighted by Gasteiger charge is -2.34. The minimum Gasteiger partial charge on any atom is -0.477 e. The van der Waals surface area contributed by atoms with Crippen molar-refractivity contribution in [3.05, 3.63) is 46.8 Å². The van der Waals surface area contributed by atoms with Gasteiger partial charge in [-0.1, -0.05) is 26.0 Å². The molecule has 178 valence electrons. The molecule has 2 aromatic rings. The van der Waals surface area contributed by atoms with Gasteiger partial charge < -0.3 is 19.8 Å². The van der Waals surface area contributed by atoms with Crippen LogP contribution in [0.5, 0.6) is 5.75 Å². The van der Waals surface area contributed by atoms with Crippen molar-refractivity contribution in [3.63, 3.8) is 0 Å². The number of aryl methyl sites for hydroxylation is 1. The van der Waals surface area contributed by atoms with E-state index in [9.17, 15) is 14.4 Å². The summed E-state index contributed by atoms with van der Waals surface area (Å²) < 4.78 is 11.3. The van der Waals surface area contributed by atoms with Crippen LogP contribution in [-0.4, -0.2) is 47.6 Å². The third kappa shape index (κ3) is 5.05. The predicted molar refractivity (Wildman–Crippen MR) is 126 cm³/mol. The monoisotopic (exact) mass is 455 g/mol. The van der Waals surface area contributed by atoms with Crippen LogP contribution in [0.3, 0.4) is 0 Å². The van der Waals surface area contributed by atoms with Gasteiger partial charge in [0.15, 0.2) is 6.10 Å². The molecule has 1 atom stereocenters. The number of carbonyl (C=O) groups excluding carboxylic acids is 3. The van der Waals surface area contributed by atoms with Crippen molar-refractivity contribution in [2.24, 2.45) is 0 Å². The first-order chi connectivity index (χ1) is 15.7. The summed E-state index contributed by atoms with van der Waals surface area (Å²) in [6.07, 6.45) is 0.506. The van der Waals surface area contributed by atoms with Crippen LogP contribution >= 0.6 is 0 Å². The molecule has 0 saturated heterocycles. The molecular formula is C25H33N3O5. The van der Waals surface area contributed by atoms with Crippen LogP contribution in [0.1, 0.15) is 72.6 Å². The Morgan fingerprint density at radius 1 is 1.18 bits per heavy atom. The summed E-state index contributed by atoms with van der Waals surface area (Å²) in [7, 11) is 0. The number of anilines is 1. The Balaban J connectivity index is 1.93. The first-order valence-electron chi connectivity index (χ1n) is 11.5. The number of benzene rings is 1. The van der Waals surface area contributed by atoms with Gasteiger partial charge in [0.1, 0.15) is 11.4 Å². The average molecular weight is 456 g/mol. The van der Waals surface area contributed by atoms with E-state index in [2.05, 4.69) is 10.3 Å². The van der Waals surface area contributed by atoms with Crippen molar-refractivity contribution < 1.29 is 23.9 Å². The number of amides is 2. The molecule has 0 spiro atoms. The number of esters is 1. The summed E-state index contributed by atoms with van der Waals surface area (Å²) in [6, 6.07) is 7.18. The molecular weight excluding hydrogens is 422 g/mol. The zero-order valence-electron chi connectivity index (χ0n) is 20.2. The fourth-order valence-electron chi connectivity index (χ4n) is 4.03. The summed E-state index contributed by atoms with van der Waals surface area (Å²) in [5.41, 5.74) is 2.30. The van der Waals surface area contributed by atoms with Crippen LogP contribution in [0.25, 0.3) is 0 Å². The van der Waals surface area contributed by atoms with Crippen molar-refractivity contribution in [2.45, 2.75) is 72.6 Å². The summed E-state index contributed by atoms with van der Waals surface area (Å²) in [5.74, 6) is -0.603. The second-order valence-electron chi connectivity index (χ2n) is 8.59. The zero-order chi connectivity index (χ0) is 24.3. The molecule has 1 aromatic heterocycles. The molecule has 0 fully saturated rings.